The second-order valence-corrected chi connectivity index (χ2v) is 6.49. The Kier molecular flexibility index (Phi) is 34.3. The maximum absolute atomic E-state index is 10.0. The van der Waals surface area contributed by atoms with Gasteiger partial charge in [-0.1, -0.05) is 90.9 Å². The summed E-state index contributed by atoms with van der Waals surface area (Å²) in [5.41, 5.74) is 0. The van der Waals surface area contributed by atoms with Gasteiger partial charge >= 0.3 is 27.5 Å². The molecule has 152 valence electrons. The van der Waals surface area contributed by atoms with Crippen molar-refractivity contribution in [3.05, 3.63) is 0 Å². The third-order valence-corrected chi connectivity index (χ3v) is 3.97. The number of carboxylic acids is 2. The van der Waals surface area contributed by atoms with E-state index in [2.05, 4.69) is 13.8 Å². The van der Waals surface area contributed by atoms with Gasteiger partial charge in [-0.15, -0.1) is 0 Å². The maximum atomic E-state index is 10.0. The summed E-state index contributed by atoms with van der Waals surface area (Å²) in [6, 6.07) is 0. The van der Waals surface area contributed by atoms with Gasteiger partial charge in [-0.2, -0.15) is 0 Å². The summed E-state index contributed by atoms with van der Waals surface area (Å²) in [6.45, 7) is 4.38. The van der Waals surface area contributed by atoms with Crippen LogP contribution < -0.4 is 10.2 Å². The van der Waals surface area contributed by atoms with Crippen molar-refractivity contribution in [2.75, 3.05) is 0 Å². The van der Waals surface area contributed by atoms with E-state index in [9.17, 15) is 19.8 Å². The molecule has 0 rings (SSSR count). The van der Waals surface area contributed by atoms with Crippen LogP contribution in [-0.2, 0) is 37.1 Å². The van der Waals surface area contributed by atoms with Crippen molar-refractivity contribution in [1.29, 1.82) is 0 Å². The quantitative estimate of drug-likeness (QED) is 0.335. The minimum atomic E-state index is -0.913. The molecule has 5 nitrogen and oxygen atoms in total. The molecule has 0 amide bonds. The van der Waals surface area contributed by atoms with E-state index in [1.165, 1.54) is 64.2 Å². The van der Waals surface area contributed by atoms with E-state index in [1.54, 1.807) is 0 Å². The van der Waals surface area contributed by atoms with Crippen LogP contribution >= 0.6 is 0 Å². The van der Waals surface area contributed by atoms with Gasteiger partial charge < -0.3 is 19.8 Å². The van der Waals surface area contributed by atoms with Gasteiger partial charge in [-0.3, -0.25) is 0 Å². The molecule has 0 aliphatic heterocycles. The van der Waals surface area contributed by atoms with Crippen LogP contribution in [0.15, 0.2) is 0 Å². The summed E-state index contributed by atoms with van der Waals surface area (Å²) in [7, 11) is 0. The molecule has 0 spiro atoms. The van der Waals surface area contributed by atoms with E-state index in [1.807, 2.05) is 0 Å². The zero-order valence-corrected chi connectivity index (χ0v) is 19.3. The number of carbonyl (C=O) groups excluding carboxylic acids is 2. The van der Waals surface area contributed by atoms with Crippen molar-refractivity contribution in [2.24, 2.45) is 0 Å². The first-order valence-electron chi connectivity index (χ1n) is 10.1. The molecule has 0 aliphatic carbocycles. The minimum absolute atomic E-state index is 0.230. The van der Waals surface area contributed by atoms with Gasteiger partial charge in [0.25, 0.3) is 0 Å². The summed E-state index contributed by atoms with van der Waals surface area (Å²) >= 11 is 0.300. The van der Waals surface area contributed by atoms with Gasteiger partial charge in [0.05, 0.1) is 0 Å². The number of carboxylic acid groups (broad SMARTS) is 2. The molecule has 0 aromatic rings. The number of hydrogen-bond donors (Lipinski definition) is 0. The summed E-state index contributed by atoms with van der Waals surface area (Å²) in [5, 5.41) is 20.0. The van der Waals surface area contributed by atoms with Crippen molar-refractivity contribution in [1.82, 2.24) is 0 Å². The predicted octanol–water partition coefficient (Wildman–Crippen LogP) is 3.63. The molecule has 0 fully saturated rings. The van der Waals surface area contributed by atoms with Crippen molar-refractivity contribution >= 4 is 11.9 Å². The third kappa shape index (κ3) is 38.9. The molecule has 0 aliphatic rings. The standard InChI is InChI=1S/2C10H20O2.O.Zr/c2*1-2-3-4-5-6-7-8-9-10(11)12;;/h2*2-9H2,1H3,(H,11,12);;/q;;;+2/p-2. The SMILES string of the molecule is CCCCCCCCCC(=O)[O-].CCCCCCCCCC(=O)[O-].[O]=[Zr+2]. The van der Waals surface area contributed by atoms with Crippen molar-refractivity contribution < 1.29 is 47.3 Å². The van der Waals surface area contributed by atoms with Gasteiger partial charge in [0.2, 0.25) is 0 Å². The van der Waals surface area contributed by atoms with E-state index >= 15 is 0 Å². The van der Waals surface area contributed by atoms with E-state index in [0.29, 0.717) is 24.7 Å². The fourth-order valence-corrected chi connectivity index (χ4v) is 2.45. The fourth-order valence-electron chi connectivity index (χ4n) is 2.45. The van der Waals surface area contributed by atoms with Crippen LogP contribution in [0.5, 0.6) is 0 Å². The van der Waals surface area contributed by atoms with Crippen LogP contribution in [0.1, 0.15) is 117 Å². The first kappa shape index (κ1) is 30.4. The summed E-state index contributed by atoms with van der Waals surface area (Å²) in [4.78, 5) is 20.0. The average Bonchev–Trinajstić information content (AvgIpc) is 2.62. The molecule has 0 saturated carbocycles. The topological polar surface area (TPSA) is 97.3 Å². The van der Waals surface area contributed by atoms with Gasteiger partial charge in [-0.05, 0) is 25.7 Å². The molecule has 0 unspecified atom stereocenters. The molecule has 0 saturated heterocycles. The second kappa shape index (κ2) is 29.4. The first-order chi connectivity index (χ1) is 12.5. The van der Waals surface area contributed by atoms with Gasteiger partial charge in [0, 0.05) is 11.9 Å². The van der Waals surface area contributed by atoms with Crippen molar-refractivity contribution in [3.63, 3.8) is 0 Å². The first-order valence-corrected chi connectivity index (χ1v) is 11.1. The third-order valence-electron chi connectivity index (χ3n) is 3.97. The van der Waals surface area contributed by atoms with Crippen molar-refractivity contribution in [3.8, 4) is 0 Å². The van der Waals surface area contributed by atoms with Crippen molar-refractivity contribution in [2.45, 2.75) is 117 Å². The Balaban J connectivity index is -0.000000371. The van der Waals surface area contributed by atoms with Gasteiger partial charge in [0.1, 0.15) is 0 Å². The second-order valence-electron chi connectivity index (χ2n) is 6.49. The molecule has 0 heterocycles. The van der Waals surface area contributed by atoms with Crippen LogP contribution in [0.2, 0.25) is 0 Å². The van der Waals surface area contributed by atoms with Crippen LogP contribution in [0.3, 0.4) is 0 Å². The molecule has 0 radical (unpaired) electrons. The van der Waals surface area contributed by atoms with Crippen LogP contribution in [0.4, 0.5) is 0 Å². The zero-order valence-electron chi connectivity index (χ0n) is 16.9. The number of aliphatic carboxylic acids is 2. The summed E-state index contributed by atoms with van der Waals surface area (Å²) < 4.78 is 8.34. The average molecular weight is 450 g/mol. The molecular weight excluding hydrogens is 411 g/mol. The van der Waals surface area contributed by atoms with Gasteiger partial charge in [0.15, 0.2) is 0 Å². The normalized spacial score (nSPS) is 9.54. The molecule has 6 heteroatoms. The summed E-state index contributed by atoms with van der Waals surface area (Å²) in [6.07, 6.45) is 16.7. The van der Waals surface area contributed by atoms with E-state index in [-0.39, 0.29) is 12.8 Å². The van der Waals surface area contributed by atoms with Crippen LogP contribution in [-0.4, -0.2) is 11.9 Å². The predicted molar refractivity (Wildman–Crippen MR) is 95.9 cm³/mol. The number of unbranched alkanes of at least 4 members (excludes halogenated alkanes) is 12. The molecule has 0 aromatic heterocycles. The molecular formula is C20H38O5Zr. The fraction of sp³-hybridized carbons (Fsp3) is 0.900. The monoisotopic (exact) mass is 448 g/mol. The van der Waals surface area contributed by atoms with E-state index in [0.717, 1.165) is 25.7 Å². The Bertz CT molecular complexity index is 270. The summed E-state index contributed by atoms with van der Waals surface area (Å²) in [5.74, 6) is -1.83. The van der Waals surface area contributed by atoms with Crippen LogP contribution in [0, 0.1) is 0 Å². The van der Waals surface area contributed by atoms with Crippen LogP contribution in [0.25, 0.3) is 0 Å². The molecule has 0 aromatic carbocycles. The number of carbonyl (C=O) groups is 2. The Morgan fingerprint density at radius 2 is 0.769 bits per heavy atom. The zero-order chi connectivity index (χ0) is 20.5. The molecule has 0 atom stereocenters. The number of rotatable bonds is 16. The Hall–Kier alpha value is -0.377. The molecule has 0 bridgehead atoms. The molecule has 0 N–H and O–H groups in total. The van der Waals surface area contributed by atoms with E-state index < -0.39 is 11.9 Å². The Labute approximate surface area is 175 Å². The Morgan fingerprint density at radius 3 is 1.00 bits per heavy atom. The number of hydrogen-bond acceptors (Lipinski definition) is 5. The molecule has 26 heavy (non-hydrogen) atoms. The van der Waals surface area contributed by atoms with E-state index in [4.69, 9.17) is 2.81 Å². The Morgan fingerprint density at radius 1 is 0.538 bits per heavy atom. The van der Waals surface area contributed by atoms with Gasteiger partial charge in [-0.25, -0.2) is 0 Å².